The molecule has 0 saturated carbocycles. The van der Waals surface area contributed by atoms with Gasteiger partial charge in [0, 0.05) is 5.56 Å². The molecule has 1 heterocycles. The smallest absolute Gasteiger partial charge is 0.259 e. The van der Waals surface area contributed by atoms with Gasteiger partial charge in [-0.25, -0.2) is 0 Å². The molecule has 0 spiro atoms. The third-order valence-corrected chi connectivity index (χ3v) is 5.42. The second-order valence-electron chi connectivity index (χ2n) is 7.95. The minimum Gasteiger partial charge on any atom is -0.480 e. The highest BCUT2D eigenvalue weighted by atomic mass is 16.5. The Morgan fingerprint density at radius 1 is 0.875 bits per heavy atom. The Labute approximate surface area is 188 Å². The zero-order valence-electron chi connectivity index (χ0n) is 18.5. The first-order chi connectivity index (χ1) is 15.6. The molecule has 0 aliphatic heterocycles. The molecule has 1 aromatic heterocycles. The molecule has 4 rings (SSSR count). The monoisotopic (exact) mass is 425 g/mol. The van der Waals surface area contributed by atoms with Crippen LogP contribution in [-0.2, 0) is 0 Å². The first kappa shape index (κ1) is 21.4. The van der Waals surface area contributed by atoms with Crippen molar-refractivity contribution in [2.24, 2.45) is 5.92 Å². The first-order valence-electron chi connectivity index (χ1n) is 10.7. The molecule has 5 heteroatoms. The van der Waals surface area contributed by atoms with Gasteiger partial charge in [-0.1, -0.05) is 92.7 Å². The van der Waals surface area contributed by atoms with Crippen LogP contribution in [0.4, 0.5) is 0 Å². The molecule has 0 fully saturated rings. The van der Waals surface area contributed by atoms with Crippen LogP contribution in [0, 0.1) is 5.92 Å². The summed E-state index contributed by atoms with van der Waals surface area (Å²) < 4.78 is 7.43. The number of amides is 1. The zero-order valence-corrected chi connectivity index (χ0v) is 18.5. The Balaban J connectivity index is 1.83. The topological polar surface area (TPSA) is 56.1 Å². The van der Waals surface area contributed by atoms with Gasteiger partial charge in [0.05, 0.1) is 18.8 Å². The number of para-hydroxylation sites is 1. The summed E-state index contributed by atoms with van der Waals surface area (Å²) in [5.41, 5.74) is 3.74. The summed E-state index contributed by atoms with van der Waals surface area (Å²) in [4.78, 5) is 13.7. The maximum absolute atomic E-state index is 13.7. The Kier molecular flexibility index (Phi) is 6.36. The second kappa shape index (κ2) is 9.52. The van der Waals surface area contributed by atoms with Crippen molar-refractivity contribution in [1.29, 1.82) is 0 Å². The number of nitrogens with zero attached hydrogens (tertiary/aromatic N) is 2. The molecule has 3 aromatic carbocycles. The number of carbonyl (C=O) groups is 1. The molecule has 162 valence electrons. The fraction of sp³-hybridized carbons (Fsp3) is 0.185. The van der Waals surface area contributed by atoms with E-state index in [1.807, 2.05) is 91.0 Å². The Hall–Kier alpha value is -3.86. The van der Waals surface area contributed by atoms with Gasteiger partial charge in [0.2, 0.25) is 5.88 Å². The normalized spacial score (nSPS) is 11.9. The third-order valence-electron chi connectivity index (χ3n) is 5.42. The number of carbonyl (C=O) groups excluding carboxylic acids is 1. The van der Waals surface area contributed by atoms with Gasteiger partial charge in [0.15, 0.2) is 0 Å². The highest BCUT2D eigenvalue weighted by Gasteiger charge is 2.29. The molecule has 0 radical (unpaired) electrons. The predicted molar refractivity (Wildman–Crippen MR) is 127 cm³/mol. The maximum atomic E-state index is 13.7. The van der Waals surface area contributed by atoms with E-state index in [1.54, 1.807) is 11.8 Å². The number of aromatic nitrogens is 2. The van der Waals surface area contributed by atoms with E-state index in [2.05, 4.69) is 19.2 Å². The summed E-state index contributed by atoms with van der Waals surface area (Å²) in [6.07, 6.45) is 0. The molecule has 0 bridgehead atoms. The van der Waals surface area contributed by atoms with Gasteiger partial charge in [0.1, 0.15) is 11.3 Å². The van der Waals surface area contributed by atoms with Crippen LogP contribution >= 0.6 is 0 Å². The van der Waals surface area contributed by atoms with Crippen molar-refractivity contribution in [1.82, 2.24) is 15.1 Å². The molecule has 32 heavy (non-hydrogen) atoms. The van der Waals surface area contributed by atoms with Crippen molar-refractivity contribution in [2.75, 3.05) is 7.11 Å². The van der Waals surface area contributed by atoms with E-state index in [0.29, 0.717) is 17.1 Å². The lowest BCUT2D eigenvalue weighted by molar-refractivity contribution is 0.0923. The fourth-order valence-electron chi connectivity index (χ4n) is 3.85. The zero-order chi connectivity index (χ0) is 22.5. The fourth-order valence-corrected chi connectivity index (χ4v) is 3.85. The van der Waals surface area contributed by atoms with Gasteiger partial charge in [-0.05, 0) is 23.6 Å². The lowest BCUT2D eigenvalue weighted by Gasteiger charge is -2.23. The van der Waals surface area contributed by atoms with Crippen LogP contribution in [-0.4, -0.2) is 22.8 Å². The highest BCUT2D eigenvalue weighted by molar-refractivity contribution is 6.02. The van der Waals surface area contributed by atoms with Crippen LogP contribution in [0.1, 0.15) is 35.8 Å². The summed E-state index contributed by atoms with van der Waals surface area (Å²) in [5.74, 6) is 0.394. The number of rotatable bonds is 7. The molecule has 4 aromatic rings. The minimum absolute atomic E-state index is 0.142. The van der Waals surface area contributed by atoms with Crippen molar-refractivity contribution in [3.8, 4) is 22.8 Å². The van der Waals surface area contributed by atoms with Crippen LogP contribution in [0.15, 0.2) is 91.0 Å². The second-order valence-corrected chi connectivity index (χ2v) is 7.95. The Morgan fingerprint density at radius 3 is 2.00 bits per heavy atom. The molecule has 5 nitrogen and oxygen atoms in total. The van der Waals surface area contributed by atoms with E-state index in [9.17, 15) is 4.79 Å². The largest absolute Gasteiger partial charge is 0.480 e. The minimum atomic E-state index is -0.217. The van der Waals surface area contributed by atoms with Gasteiger partial charge >= 0.3 is 0 Å². The van der Waals surface area contributed by atoms with Crippen molar-refractivity contribution < 1.29 is 9.53 Å². The highest BCUT2D eigenvalue weighted by Crippen LogP contribution is 2.33. The molecular weight excluding hydrogens is 398 g/mol. The predicted octanol–water partition coefficient (Wildman–Crippen LogP) is 5.68. The molecule has 1 unspecified atom stereocenters. The van der Waals surface area contributed by atoms with Crippen molar-refractivity contribution in [2.45, 2.75) is 19.9 Å². The van der Waals surface area contributed by atoms with E-state index >= 15 is 0 Å². The Morgan fingerprint density at radius 2 is 1.44 bits per heavy atom. The number of hydrogen-bond donors (Lipinski definition) is 1. The van der Waals surface area contributed by atoms with Crippen LogP contribution < -0.4 is 10.1 Å². The standard InChI is InChI=1S/C27H27N3O2/c1-19(2)24(20-13-7-4-8-14-20)28-26(31)23-25(21-15-9-5-10-16-21)29-30(27(23)32-3)22-17-11-6-12-18-22/h4-19,24H,1-3H3,(H,28,31). The van der Waals surface area contributed by atoms with E-state index in [1.165, 1.54) is 0 Å². The summed E-state index contributed by atoms with van der Waals surface area (Å²) in [6, 6.07) is 29.3. The average Bonchev–Trinajstić information content (AvgIpc) is 3.24. The third kappa shape index (κ3) is 4.28. The van der Waals surface area contributed by atoms with Crippen molar-refractivity contribution in [3.63, 3.8) is 0 Å². The van der Waals surface area contributed by atoms with Crippen molar-refractivity contribution in [3.05, 3.63) is 102 Å². The molecular formula is C27H27N3O2. The number of benzene rings is 3. The van der Waals surface area contributed by atoms with E-state index in [4.69, 9.17) is 9.84 Å². The van der Waals surface area contributed by atoms with Crippen LogP contribution in [0.5, 0.6) is 5.88 Å². The molecule has 1 N–H and O–H groups in total. The quantitative estimate of drug-likeness (QED) is 0.415. The molecule has 1 atom stereocenters. The molecule has 0 saturated heterocycles. The van der Waals surface area contributed by atoms with Crippen LogP contribution in [0.25, 0.3) is 16.9 Å². The number of hydrogen-bond acceptors (Lipinski definition) is 3. The summed E-state index contributed by atoms with van der Waals surface area (Å²) in [6.45, 7) is 4.20. The summed E-state index contributed by atoms with van der Waals surface area (Å²) >= 11 is 0. The summed E-state index contributed by atoms with van der Waals surface area (Å²) in [7, 11) is 1.57. The SMILES string of the molecule is COc1c(C(=O)NC(c2ccccc2)C(C)C)c(-c2ccccc2)nn1-c1ccccc1. The van der Waals surface area contributed by atoms with E-state index < -0.39 is 0 Å². The van der Waals surface area contributed by atoms with Crippen LogP contribution in [0.3, 0.4) is 0 Å². The first-order valence-corrected chi connectivity index (χ1v) is 10.7. The van der Waals surface area contributed by atoms with E-state index in [0.717, 1.165) is 16.8 Å². The van der Waals surface area contributed by atoms with Gasteiger partial charge in [-0.15, -0.1) is 0 Å². The lowest BCUT2D eigenvalue weighted by atomic mass is 9.95. The van der Waals surface area contributed by atoms with Gasteiger partial charge in [0.25, 0.3) is 5.91 Å². The maximum Gasteiger partial charge on any atom is 0.259 e. The van der Waals surface area contributed by atoms with Gasteiger partial charge < -0.3 is 10.1 Å². The van der Waals surface area contributed by atoms with Gasteiger partial charge in [-0.3, -0.25) is 4.79 Å². The lowest BCUT2D eigenvalue weighted by Crippen LogP contribution is -2.32. The average molecular weight is 426 g/mol. The van der Waals surface area contributed by atoms with Gasteiger partial charge in [-0.2, -0.15) is 9.78 Å². The summed E-state index contributed by atoms with van der Waals surface area (Å²) in [5, 5.41) is 8.02. The van der Waals surface area contributed by atoms with Crippen molar-refractivity contribution >= 4 is 5.91 Å². The Bertz CT molecular complexity index is 1170. The number of ether oxygens (including phenoxy) is 1. The van der Waals surface area contributed by atoms with Crippen LogP contribution in [0.2, 0.25) is 0 Å². The molecule has 0 aliphatic rings. The number of methoxy groups -OCH3 is 1. The molecule has 0 aliphatic carbocycles. The molecule has 1 amide bonds. The van der Waals surface area contributed by atoms with E-state index in [-0.39, 0.29) is 17.9 Å². The number of nitrogens with one attached hydrogen (secondary N) is 1.